The molecule has 0 saturated carbocycles. The lowest BCUT2D eigenvalue weighted by Gasteiger charge is -2.23. The van der Waals surface area contributed by atoms with E-state index in [4.69, 9.17) is 4.74 Å². The summed E-state index contributed by atoms with van der Waals surface area (Å²) < 4.78 is 29.2. The molecule has 1 saturated heterocycles. The molecule has 24 heavy (non-hydrogen) atoms. The molecule has 1 unspecified atom stereocenters. The van der Waals surface area contributed by atoms with E-state index >= 15 is 0 Å². The van der Waals surface area contributed by atoms with Gasteiger partial charge in [-0.3, -0.25) is 4.79 Å². The van der Waals surface area contributed by atoms with Gasteiger partial charge in [-0.1, -0.05) is 31.2 Å². The number of rotatable bonds is 2. The van der Waals surface area contributed by atoms with E-state index in [1.165, 1.54) is 0 Å². The van der Waals surface area contributed by atoms with Gasteiger partial charge in [-0.25, -0.2) is 8.42 Å². The Kier molecular flexibility index (Phi) is 4.49. The second-order valence-electron chi connectivity index (χ2n) is 6.33. The Balaban J connectivity index is 2.00. The molecule has 0 aliphatic carbocycles. The summed E-state index contributed by atoms with van der Waals surface area (Å²) in [7, 11) is -1.48. The van der Waals surface area contributed by atoms with Gasteiger partial charge in [0.05, 0.1) is 18.6 Å². The van der Waals surface area contributed by atoms with Crippen molar-refractivity contribution in [3.63, 3.8) is 0 Å². The number of benzene rings is 2. The summed E-state index contributed by atoms with van der Waals surface area (Å²) in [5.74, 6) is 0.690. The Morgan fingerprint density at radius 3 is 2.58 bits per heavy atom. The highest BCUT2D eigenvalue weighted by Gasteiger charge is 2.28. The van der Waals surface area contributed by atoms with Crippen LogP contribution < -0.4 is 4.74 Å². The normalized spacial score (nSPS) is 20.6. The van der Waals surface area contributed by atoms with Gasteiger partial charge in [0.25, 0.3) is 5.91 Å². The zero-order valence-electron chi connectivity index (χ0n) is 13.9. The van der Waals surface area contributed by atoms with Crippen LogP contribution in [0, 0.1) is 5.92 Å². The number of methoxy groups -OCH3 is 1. The first-order valence-electron chi connectivity index (χ1n) is 7.97. The Morgan fingerprint density at radius 1 is 1.17 bits per heavy atom. The van der Waals surface area contributed by atoms with Crippen LogP contribution in [0.4, 0.5) is 0 Å². The fourth-order valence-corrected chi connectivity index (χ4v) is 4.91. The Labute approximate surface area is 142 Å². The van der Waals surface area contributed by atoms with Crippen molar-refractivity contribution in [2.45, 2.75) is 6.92 Å². The largest absolute Gasteiger partial charge is 0.496 e. The first kappa shape index (κ1) is 16.8. The van der Waals surface area contributed by atoms with Crippen LogP contribution in [0.1, 0.15) is 17.3 Å². The van der Waals surface area contributed by atoms with Crippen LogP contribution >= 0.6 is 0 Å². The number of carbonyl (C=O) groups is 1. The van der Waals surface area contributed by atoms with Gasteiger partial charge in [-0.05, 0) is 23.4 Å². The third-order valence-corrected chi connectivity index (χ3v) is 6.25. The summed E-state index contributed by atoms with van der Waals surface area (Å²) in [6, 6.07) is 11.1. The van der Waals surface area contributed by atoms with Gasteiger partial charge in [0.1, 0.15) is 5.75 Å². The summed E-state index contributed by atoms with van der Waals surface area (Å²) in [5.41, 5.74) is 0.581. The van der Waals surface area contributed by atoms with Crippen LogP contribution in [0.2, 0.25) is 0 Å². The fraction of sp³-hybridized carbons (Fsp3) is 0.389. The lowest BCUT2D eigenvalue weighted by Crippen LogP contribution is -2.35. The molecule has 1 heterocycles. The minimum atomic E-state index is -3.08. The highest BCUT2D eigenvalue weighted by atomic mass is 32.2. The van der Waals surface area contributed by atoms with Crippen LogP contribution in [0.25, 0.3) is 10.8 Å². The summed E-state index contributed by atoms with van der Waals surface area (Å²) in [4.78, 5) is 14.7. The van der Waals surface area contributed by atoms with Crippen molar-refractivity contribution in [3.05, 3.63) is 42.0 Å². The molecule has 0 spiro atoms. The van der Waals surface area contributed by atoms with Gasteiger partial charge in [-0.2, -0.15) is 0 Å². The number of hydrogen-bond donors (Lipinski definition) is 0. The number of carbonyl (C=O) groups excluding carboxylic acids is 1. The number of nitrogens with zero attached hydrogens (tertiary/aromatic N) is 1. The van der Waals surface area contributed by atoms with Gasteiger partial charge < -0.3 is 9.64 Å². The second kappa shape index (κ2) is 6.43. The number of amides is 1. The maximum atomic E-state index is 13.0. The molecule has 2 aromatic carbocycles. The lowest BCUT2D eigenvalue weighted by atomic mass is 10.0. The van der Waals surface area contributed by atoms with E-state index in [9.17, 15) is 13.2 Å². The van der Waals surface area contributed by atoms with E-state index < -0.39 is 9.84 Å². The molecule has 0 bridgehead atoms. The molecule has 1 aliphatic rings. The zero-order chi connectivity index (χ0) is 17.3. The van der Waals surface area contributed by atoms with E-state index in [0.717, 1.165) is 10.8 Å². The van der Waals surface area contributed by atoms with Crippen molar-refractivity contribution in [1.29, 1.82) is 0 Å². The number of sulfone groups is 1. The maximum Gasteiger partial charge on any atom is 0.254 e. The lowest BCUT2D eigenvalue weighted by molar-refractivity contribution is 0.0753. The fourth-order valence-electron chi connectivity index (χ4n) is 3.28. The molecule has 2 aromatic rings. The summed E-state index contributed by atoms with van der Waals surface area (Å²) in [6.07, 6.45) is 0. The van der Waals surface area contributed by atoms with Gasteiger partial charge in [0, 0.05) is 24.0 Å². The third kappa shape index (κ3) is 3.24. The average molecular weight is 347 g/mol. The zero-order valence-corrected chi connectivity index (χ0v) is 14.7. The molecule has 0 aromatic heterocycles. The second-order valence-corrected chi connectivity index (χ2v) is 8.56. The first-order valence-corrected chi connectivity index (χ1v) is 9.79. The molecular formula is C18H21NO4S. The predicted molar refractivity (Wildman–Crippen MR) is 94.2 cm³/mol. The first-order chi connectivity index (χ1) is 11.4. The monoisotopic (exact) mass is 347 g/mol. The van der Waals surface area contributed by atoms with E-state index in [1.807, 2.05) is 31.2 Å². The van der Waals surface area contributed by atoms with Gasteiger partial charge in [-0.15, -0.1) is 0 Å². The van der Waals surface area contributed by atoms with Gasteiger partial charge >= 0.3 is 0 Å². The van der Waals surface area contributed by atoms with Crippen LogP contribution in [0.15, 0.2) is 36.4 Å². The third-order valence-electron chi connectivity index (χ3n) is 4.36. The summed E-state index contributed by atoms with van der Waals surface area (Å²) >= 11 is 0. The topological polar surface area (TPSA) is 63.7 Å². The van der Waals surface area contributed by atoms with E-state index in [-0.39, 0.29) is 29.9 Å². The van der Waals surface area contributed by atoms with Crippen LogP contribution in [-0.4, -0.2) is 50.9 Å². The van der Waals surface area contributed by atoms with Crippen molar-refractivity contribution >= 4 is 26.5 Å². The minimum Gasteiger partial charge on any atom is -0.496 e. The van der Waals surface area contributed by atoms with Crippen molar-refractivity contribution < 1.29 is 17.9 Å². The van der Waals surface area contributed by atoms with Crippen molar-refractivity contribution in [2.24, 2.45) is 5.92 Å². The molecule has 1 amide bonds. The van der Waals surface area contributed by atoms with Crippen LogP contribution in [0.5, 0.6) is 5.75 Å². The molecule has 5 nitrogen and oxygen atoms in total. The number of hydrogen-bond acceptors (Lipinski definition) is 4. The predicted octanol–water partition coefficient (Wildman–Crippen LogP) is 2.36. The molecule has 128 valence electrons. The van der Waals surface area contributed by atoms with Gasteiger partial charge in [0.15, 0.2) is 9.84 Å². The highest BCUT2D eigenvalue weighted by Crippen LogP contribution is 2.29. The van der Waals surface area contributed by atoms with Crippen molar-refractivity contribution in [3.8, 4) is 5.75 Å². The van der Waals surface area contributed by atoms with Crippen LogP contribution in [-0.2, 0) is 9.84 Å². The number of ether oxygens (including phenoxy) is 1. The smallest absolute Gasteiger partial charge is 0.254 e. The molecule has 1 aliphatic heterocycles. The average Bonchev–Trinajstić information content (AvgIpc) is 2.70. The van der Waals surface area contributed by atoms with Crippen molar-refractivity contribution in [2.75, 3.05) is 31.7 Å². The summed E-state index contributed by atoms with van der Waals surface area (Å²) in [5, 5.41) is 1.70. The quantitative estimate of drug-likeness (QED) is 0.837. The Hall–Kier alpha value is -2.08. The molecule has 0 N–H and O–H groups in total. The molecule has 0 radical (unpaired) electrons. The molecule has 6 heteroatoms. The maximum absolute atomic E-state index is 13.0. The number of fused-ring (bicyclic) bond motifs is 1. The molecule has 1 fully saturated rings. The van der Waals surface area contributed by atoms with E-state index in [2.05, 4.69) is 0 Å². The Bertz CT molecular complexity index is 876. The molecular weight excluding hydrogens is 326 g/mol. The standard InChI is InChI=1S/C18H21NO4S/c1-13-11-19(9-10-24(21,22)12-13)18(20)16-7-8-17(23-2)15-6-4-3-5-14(15)16/h3-8,13H,9-12H2,1-2H3. The van der Waals surface area contributed by atoms with Crippen LogP contribution in [0.3, 0.4) is 0 Å². The van der Waals surface area contributed by atoms with E-state index in [0.29, 0.717) is 17.9 Å². The molecule has 3 rings (SSSR count). The van der Waals surface area contributed by atoms with E-state index in [1.54, 1.807) is 24.1 Å². The minimum absolute atomic E-state index is 0.0250. The molecule has 1 atom stereocenters. The Morgan fingerprint density at radius 2 is 1.88 bits per heavy atom. The summed E-state index contributed by atoms with van der Waals surface area (Å²) in [6.45, 7) is 2.57. The van der Waals surface area contributed by atoms with Crippen molar-refractivity contribution in [1.82, 2.24) is 4.90 Å². The highest BCUT2D eigenvalue weighted by molar-refractivity contribution is 7.91. The SMILES string of the molecule is COc1ccc(C(=O)N2CCS(=O)(=O)CC(C)C2)c2ccccc12. The van der Waals surface area contributed by atoms with Gasteiger partial charge in [0.2, 0.25) is 0 Å².